The van der Waals surface area contributed by atoms with Crippen molar-refractivity contribution in [3.05, 3.63) is 5.01 Å². The highest BCUT2D eigenvalue weighted by Gasteiger charge is 2.42. The first kappa shape index (κ1) is 14.0. The Labute approximate surface area is 111 Å². The number of alkyl halides is 3. The van der Waals surface area contributed by atoms with E-state index in [1.54, 1.807) is 7.05 Å². The van der Waals surface area contributed by atoms with Gasteiger partial charge in [-0.05, 0) is 12.8 Å². The van der Waals surface area contributed by atoms with Gasteiger partial charge in [-0.1, -0.05) is 11.3 Å². The first-order chi connectivity index (χ1) is 8.91. The predicted octanol–water partition coefficient (Wildman–Crippen LogP) is 1.99. The average molecular weight is 294 g/mol. The van der Waals surface area contributed by atoms with Crippen LogP contribution in [-0.2, 0) is 0 Å². The number of likely N-dealkylation sites (tertiary alicyclic amines) is 1. The fraction of sp³-hybridized carbons (Fsp3) is 0.700. The molecule has 1 aliphatic rings. The van der Waals surface area contributed by atoms with Crippen LogP contribution in [0.5, 0.6) is 0 Å². The summed E-state index contributed by atoms with van der Waals surface area (Å²) >= 11 is 1.09. The molecule has 1 N–H and O–H groups in total. The van der Waals surface area contributed by atoms with Crippen LogP contribution in [0, 0.1) is 5.92 Å². The lowest BCUT2D eigenvalue weighted by Crippen LogP contribution is -2.42. The summed E-state index contributed by atoms with van der Waals surface area (Å²) < 4.78 is 37.5. The molecule has 1 aliphatic heterocycles. The summed E-state index contributed by atoms with van der Waals surface area (Å²) in [4.78, 5) is 13.4. The van der Waals surface area contributed by atoms with Crippen LogP contribution in [0.15, 0.2) is 0 Å². The number of nitrogens with zero attached hydrogens (tertiary/aromatic N) is 3. The Morgan fingerprint density at radius 1 is 1.37 bits per heavy atom. The second-order valence-corrected chi connectivity index (χ2v) is 5.25. The van der Waals surface area contributed by atoms with Crippen LogP contribution in [0.2, 0.25) is 0 Å². The van der Waals surface area contributed by atoms with Crippen molar-refractivity contribution in [2.24, 2.45) is 5.92 Å². The molecule has 1 saturated heterocycles. The van der Waals surface area contributed by atoms with Crippen molar-refractivity contribution in [3.63, 3.8) is 0 Å². The van der Waals surface area contributed by atoms with Gasteiger partial charge in [-0.25, -0.2) is 0 Å². The van der Waals surface area contributed by atoms with Crippen molar-refractivity contribution in [1.29, 1.82) is 0 Å². The minimum absolute atomic E-state index is 0.0487. The van der Waals surface area contributed by atoms with Crippen molar-refractivity contribution in [3.8, 4) is 0 Å². The van der Waals surface area contributed by atoms with Gasteiger partial charge < -0.3 is 10.2 Å². The van der Waals surface area contributed by atoms with Crippen LogP contribution in [0.4, 0.5) is 18.3 Å². The number of carbonyl (C=O) groups is 1. The Bertz CT molecular complexity index is 454. The molecule has 5 nitrogen and oxygen atoms in total. The molecule has 1 aromatic rings. The molecule has 2 heterocycles. The van der Waals surface area contributed by atoms with Crippen molar-refractivity contribution >= 4 is 22.4 Å². The number of piperidine rings is 1. The topological polar surface area (TPSA) is 58.1 Å². The zero-order valence-corrected chi connectivity index (χ0v) is 11.0. The summed E-state index contributed by atoms with van der Waals surface area (Å²) in [7, 11) is 1.66. The van der Waals surface area contributed by atoms with E-state index in [0.29, 0.717) is 5.13 Å². The van der Waals surface area contributed by atoms with Crippen LogP contribution in [0.3, 0.4) is 0 Å². The van der Waals surface area contributed by atoms with Crippen LogP contribution in [-0.4, -0.2) is 47.3 Å². The number of amides is 1. The maximum Gasteiger partial charge on any atom is 0.391 e. The second kappa shape index (κ2) is 5.32. The summed E-state index contributed by atoms with van der Waals surface area (Å²) in [6.07, 6.45) is -4.27. The van der Waals surface area contributed by atoms with Gasteiger partial charge in [-0.15, -0.1) is 10.2 Å². The standard InChI is InChI=1S/C10H13F3N4OS/c1-14-9-16-15-7(19-9)8(18)17-4-2-6(3-5-17)10(11,12)13/h6H,2-5H2,1H3,(H,14,16). The number of nitrogens with one attached hydrogen (secondary N) is 1. The molecule has 2 rings (SSSR count). The molecule has 1 aromatic heterocycles. The molecule has 19 heavy (non-hydrogen) atoms. The van der Waals surface area contributed by atoms with E-state index in [-0.39, 0.29) is 36.8 Å². The summed E-state index contributed by atoms with van der Waals surface area (Å²) in [5.74, 6) is -1.65. The largest absolute Gasteiger partial charge is 0.391 e. The molecule has 0 atom stereocenters. The minimum atomic E-state index is -4.17. The summed E-state index contributed by atoms with van der Waals surface area (Å²) in [6, 6.07) is 0. The quantitative estimate of drug-likeness (QED) is 0.906. The van der Waals surface area contributed by atoms with Crippen molar-refractivity contribution < 1.29 is 18.0 Å². The molecule has 1 fully saturated rings. The number of anilines is 1. The van der Waals surface area contributed by atoms with E-state index in [4.69, 9.17) is 0 Å². The van der Waals surface area contributed by atoms with E-state index >= 15 is 0 Å². The van der Waals surface area contributed by atoms with E-state index in [2.05, 4.69) is 15.5 Å². The highest BCUT2D eigenvalue weighted by molar-refractivity contribution is 7.17. The first-order valence-electron chi connectivity index (χ1n) is 5.79. The zero-order valence-electron chi connectivity index (χ0n) is 10.2. The minimum Gasteiger partial charge on any atom is -0.363 e. The summed E-state index contributed by atoms with van der Waals surface area (Å²) in [5.41, 5.74) is 0. The smallest absolute Gasteiger partial charge is 0.363 e. The summed E-state index contributed by atoms with van der Waals surface area (Å²) in [6.45, 7) is 0.217. The number of carbonyl (C=O) groups excluding carboxylic acids is 1. The van der Waals surface area contributed by atoms with E-state index < -0.39 is 12.1 Å². The normalized spacial score (nSPS) is 17.6. The molecule has 0 bridgehead atoms. The third-order valence-electron chi connectivity index (χ3n) is 3.07. The maximum atomic E-state index is 12.5. The molecule has 106 valence electrons. The fourth-order valence-electron chi connectivity index (χ4n) is 1.96. The molecule has 0 saturated carbocycles. The van der Waals surface area contributed by atoms with E-state index in [9.17, 15) is 18.0 Å². The average Bonchev–Trinajstić information content (AvgIpc) is 2.86. The Hall–Kier alpha value is -1.38. The number of hydrogen-bond acceptors (Lipinski definition) is 5. The Morgan fingerprint density at radius 3 is 2.47 bits per heavy atom. The monoisotopic (exact) mass is 294 g/mol. The van der Waals surface area contributed by atoms with Gasteiger partial charge in [0.2, 0.25) is 10.1 Å². The van der Waals surface area contributed by atoms with Crippen LogP contribution >= 0.6 is 11.3 Å². The van der Waals surface area contributed by atoms with Gasteiger partial charge in [-0.3, -0.25) is 4.79 Å². The molecule has 0 aliphatic carbocycles. The Balaban J connectivity index is 1.96. The zero-order chi connectivity index (χ0) is 14.0. The first-order valence-corrected chi connectivity index (χ1v) is 6.60. The third kappa shape index (κ3) is 3.14. The number of hydrogen-bond donors (Lipinski definition) is 1. The fourth-order valence-corrected chi connectivity index (χ4v) is 2.62. The lowest BCUT2D eigenvalue weighted by molar-refractivity contribution is -0.183. The molecule has 0 unspecified atom stereocenters. The predicted molar refractivity (Wildman–Crippen MR) is 64.1 cm³/mol. The van der Waals surface area contributed by atoms with E-state index in [0.717, 1.165) is 11.3 Å². The number of rotatable bonds is 2. The highest BCUT2D eigenvalue weighted by atomic mass is 32.1. The number of halogens is 3. The molecule has 9 heteroatoms. The molecular weight excluding hydrogens is 281 g/mol. The lowest BCUT2D eigenvalue weighted by Gasteiger charge is -2.32. The van der Waals surface area contributed by atoms with Crippen LogP contribution < -0.4 is 5.32 Å². The van der Waals surface area contributed by atoms with Crippen molar-refractivity contribution in [1.82, 2.24) is 15.1 Å². The maximum absolute atomic E-state index is 12.5. The molecule has 0 radical (unpaired) electrons. The van der Waals surface area contributed by atoms with Crippen LogP contribution in [0.1, 0.15) is 22.6 Å². The molecule has 0 spiro atoms. The van der Waals surface area contributed by atoms with Gasteiger partial charge >= 0.3 is 6.18 Å². The Morgan fingerprint density at radius 2 is 2.00 bits per heavy atom. The van der Waals surface area contributed by atoms with Gasteiger partial charge in [0.25, 0.3) is 5.91 Å². The van der Waals surface area contributed by atoms with Gasteiger partial charge in [-0.2, -0.15) is 13.2 Å². The van der Waals surface area contributed by atoms with Crippen molar-refractivity contribution in [2.75, 3.05) is 25.5 Å². The van der Waals surface area contributed by atoms with Gasteiger partial charge in [0.05, 0.1) is 5.92 Å². The molecule has 0 aromatic carbocycles. The van der Waals surface area contributed by atoms with Crippen molar-refractivity contribution in [2.45, 2.75) is 19.0 Å². The van der Waals surface area contributed by atoms with E-state index in [1.807, 2.05) is 0 Å². The lowest BCUT2D eigenvalue weighted by atomic mass is 9.96. The Kier molecular flexibility index (Phi) is 3.93. The van der Waals surface area contributed by atoms with Crippen LogP contribution in [0.25, 0.3) is 0 Å². The highest BCUT2D eigenvalue weighted by Crippen LogP contribution is 2.34. The molecular formula is C10H13F3N4OS. The molecule has 1 amide bonds. The van der Waals surface area contributed by atoms with Gasteiger partial charge in [0.15, 0.2) is 0 Å². The number of aromatic nitrogens is 2. The van der Waals surface area contributed by atoms with Gasteiger partial charge in [0, 0.05) is 20.1 Å². The third-order valence-corrected chi connectivity index (χ3v) is 4.00. The SMILES string of the molecule is CNc1nnc(C(=O)N2CCC(C(F)(F)F)CC2)s1. The van der Waals surface area contributed by atoms with Gasteiger partial charge in [0.1, 0.15) is 0 Å². The summed E-state index contributed by atoms with van der Waals surface area (Å²) in [5, 5.41) is 10.9. The van der Waals surface area contributed by atoms with E-state index in [1.165, 1.54) is 4.90 Å². The second-order valence-electron chi connectivity index (χ2n) is 4.27.